The van der Waals surface area contributed by atoms with Gasteiger partial charge < -0.3 is 15.8 Å². The summed E-state index contributed by atoms with van der Waals surface area (Å²) in [6.45, 7) is -2.73. The number of ether oxygens (including phenoxy) is 1. The van der Waals surface area contributed by atoms with E-state index >= 15 is 0 Å². The fourth-order valence-electron chi connectivity index (χ4n) is 1.67. The van der Waals surface area contributed by atoms with Crippen molar-refractivity contribution in [3.05, 3.63) is 35.9 Å². The minimum Gasteiger partial charge on any atom is -0.432 e. The number of hydrogen-bond donors (Lipinski definition) is 2. The van der Waals surface area contributed by atoms with E-state index in [1.807, 2.05) is 0 Å². The van der Waals surface area contributed by atoms with Gasteiger partial charge >= 0.3 is 6.61 Å². The van der Waals surface area contributed by atoms with Crippen LogP contribution >= 0.6 is 0 Å². The van der Waals surface area contributed by atoms with Gasteiger partial charge in [-0.2, -0.15) is 13.9 Å². The van der Waals surface area contributed by atoms with Crippen LogP contribution in [0.4, 0.5) is 24.5 Å². The van der Waals surface area contributed by atoms with Crippen LogP contribution < -0.4 is 15.8 Å². The monoisotopic (exact) mass is 286 g/mol. The normalized spacial score (nSPS) is 10.8. The van der Waals surface area contributed by atoms with E-state index in [2.05, 4.69) is 15.2 Å². The molecule has 2 aromatic rings. The summed E-state index contributed by atoms with van der Waals surface area (Å²) >= 11 is 0. The largest absolute Gasteiger partial charge is 0.432 e. The van der Waals surface area contributed by atoms with E-state index in [1.54, 1.807) is 24.1 Å². The molecule has 1 aromatic carbocycles. The molecular formula is C12H13F3N4O. The van der Waals surface area contributed by atoms with E-state index in [4.69, 9.17) is 5.73 Å². The highest BCUT2D eigenvalue weighted by molar-refractivity contribution is 5.68. The standard InChI is InChI=1S/C12H13F3N4O/c1-19-6-7(5-18-19)4-17-10-3-11(20-12(14)15)8(13)2-9(10)16/h2-3,5-6,12,17H,4,16H2,1H3. The van der Waals surface area contributed by atoms with Crippen molar-refractivity contribution in [1.29, 1.82) is 0 Å². The van der Waals surface area contributed by atoms with Crippen LogP contribution in [0.3, 0.4) is 0 Å². The summed E-state index contributed by atoms with van der Waals surface area (Å²) in [5.74, 6) is -1.49. The summed E-state index contributed by atoms with van der Waals surface area (Å²) in [5, 5.41) is 6.90. The molecule has 0 spiro atoms. The molecule has 0 atom stereocenters. The maximum atomic E-state index is 13.4. The van der Waals surface area contributed by atoms with Gasteiger partial charge in [0.15, 0.2) is 11.6 Å². The van der Waals surface area contributed by atoms with E-state index < -0.39 is 18.2 Å². The van der Waals surface area contributed by atoms with Crippen molar-refractivity contribution >= 4 is 11.4 Å². The van der Waals surface area contributed by atoms with E-state index in [9.17, 15) is 13.2 Å². The molecule has 2 rings (SSSR count). The predicted octanol–water partition coefficient (Wildman–Crippen LogP) is 2.35. The lowest BCUT2D eigenvalue weighted by molar-refractivity contribution is -0.0521. The first kappa shape index (κ1) is 14.0. The van der Waals surface area contributed by atoms with Crippen molar-refractivity contribution in [2.24, 2.45) is 7.05 Å². The molecule has 0 bridgehead atoms. The molecule has 0 amide bonds. The predicted molar refractivity (Wildman–Crippen MR) is 68.0 cm³/mol. The van der Waals surface area contributed by atoms with Gasteiger partial charge in [-0.1, -0.05) is 0 Å². The second-order valence-electron chi connectivity index (χ2n) is 4.12. The van der Waals surface area contributed by atoms with Gasteiger partial charge in [-0.25, -0.2) is 4.39 Å². The van der Waals surface area contributed by atoms with Gasteiger partial charge in [0, 0.05) is 37.5 Å². The third kappa shape index (κ3) is 3.34. The number of nitrogens with zero attached hydrogens (tertiary/aromatic N) is 2. The minimum atomic E-state index is -3.10. The molecule has 8 heteroatoms. The highest BCUT2D eigenvalue weighted by Gasteiger charge is 2.13. The number of benzene rings is 1. The maximum Gasteiger partial charge on any atom is 0.387 e. The number of anilines is 2. The summed E-state index contributed by atoms with van der Waals surface area (Å²) in [4.78, 5) is 0. The summed E-state index contributed by atoms with van der Waals surface area (Å²) in [6, 6.07) is 2.04. The number of nitrogen functional groups attached to an aromatic ring is 1. The summed E-state index contributed by atoms with van der Waals surface area (Å²) < 4.78 is 43.3. The summed E-state index contributed by atoms with van der Waals surface area (Å²) in [5.41, 5.74) is 6.91. The second kappa shape index (κ2) is 5.72. The average molecular weight is 286 g/mol. The fraction of sp³-hybridized carbons (Fsp3) is 0.250. The van der Waals surface area contributed by atoms with Crippen LogP contribution in [0, 0.1) is 5.82 Å². The molecular weight excluding hydrogens is 273 g/mol. The number of nitrogens with two attached hydrogens (primary N) is 1. The van der Waals surface area contributed by atoms with Gasteiger partial charge in [-0.15, -0.1) is 0 Å². The van der Waals surface area contributed by atoms with Crippen LogP contribution in [0.1, 0.15) is 5.56 Å². The first-order chi connectivity index (χ1) is 9.45. The lowest BCUT2D eigenvalue weighted by Crippen LogP contribution is -2.07. The van der Waals surface area contributed by atoms with E-state index in [-0.39, 0.29) is 5.69 Å². The van der Waals surface area contributed by atoms with Crippen molar-refractivity contribution in [3.63, 3.8) is 0 Å². The third-order valence-corrected chi connectivity index (χ3v) is 2.56. The Morgan fingerprint density at radius 1 is 1.45 bits per heavy atom. The molecule has 0 saturated heterocycles. The lowest BCUT2D eigenvalue weighted by Gasteiger charge is -2.12. The van der Waals surface area contributed by atoms with Gasteiger partial charge in [0.2, 0.25) is 0 Å². The van der Waals surface area contributed by atoms with Crippen molar-refractivity contribution in [2.75, 3.05) is 11.1 Å². The number of halogens is 3. The third-order valence-electron chi connectivity index (χ3n) is 2.56. The van der Waals surface area contributed by atoms with Crippen LogP contribution in [0.2, 0.25) is 0 Å². The van der Waals surface area contributed by atoms with E-state index in [0.717, 1.165) is 17.7 Å². The first-order valence-electron chi connectivity index (χ1n) is 5.71. The maximum absolute atomic E-state index is 13.4. The minimum absolute atomic E-state index is 0.105. The van der Waals surface area contributed by atoms with Gasteiger partial charge in [-0.05, 0) is 0 Å². The molecule has 0 radical (unpaired) electrons. The quantitative estimate of drug-likeness (QED) is 0.828. The Labute approximate surface area is 113 Å². The number of alkyl halides is 2. The fourth-order valence-corrected chi connectivity index (χ4v) is 1.67. The summed E-state index contributed by atoms with van der Waals surface area (Å²) in [7, 11) is 1.77. The van der Waals surface area contributed by atoms with E-state index in [0.29, 0.717) is 12.2 Å². The molecule has 108 valence electrons. The Balaban J connectivity index is 2.14. The summed E-state index contributed by atoms with van der Waals surface area (Å²) in [6.07, 6.45) is 3.42. The van der Waals surface area contributed by atoms with Crippen molar-refractivity contribution in [1.82, 2.24) is 9.78 Å². The molecule has 1 heterocycles. The van der Waals surface area contributed by atoms with Gasteiger partial charge in [0.1, 0.15) is 0 Å². The molecule has 0 aliphatic heterocycles. The van der Waals surface area contributed by atoms with E-state index in [1.165, 1.54) is 0 Å². The molecule has 0 aliphatic rings. The van der Waals surface area contributed by atoms with Gasteiger partial charge in [-0.3, -0.25) is 4.68 Å². The Bertz CT molecular complexity index is 600. The SMILES string of the molecule is Cn1cc(CNc2cc(OC(F)F)c(F)cc2N)cn1. The number of rotatable bonds is 5. The molecule has 20 heavy (non-hydrogen) atoms. The number of nitrogens with one attached hydrogen (secondary N) is 1. The van der Waals surface area contributed by atoms with Crippen molar-refractivity contribution in [3.8, 4) is 5.75 Å². The molecule has 5 nitrogen and oxygen atoms in total. The Hall–Kier alpha value is -2.38. The average Bonchev–Trinajstić information content (AvgIpc) is 2.76. The van der Waals surface area contributed by atoms with Gasteiger partial charge in [0.25, 0.3) is 0 Å². The molecule has 1 aromatic heterocycles. The molecule has 0 unspecified atom stereocenters. The second-order valence-corrected chi connectivity index (χ2v) is 4.12. The van der Waals surface area contributed by atoms with Crippen molar-refractivity contribution < 1.29 is 17.9 Å². The molecule has 0 fully saturated rings. The Morgan fingerprint density at radius 2 is 2.20 bits per heavy atom. The highest BCUT2D eigenvalue weighted by atomic mass is 19.3. The van der Waals surface area contributed by atoms with Crippen LogP contribution in [0.5, 0.6) is 5.75 Å². The van der Waals surface area contributed by atoms with Crippen LogP contribution in [0.25, 0.3) is 0 Å². The zero-order valence-corrected chi connectivity index (χ0v) is 10.6. The molecule has 0 saturated carbocycles. The zero-order chi connectivity index (χ0) is 14.7. The van der Waals surface area contributed by atoms with Crippen LogP contribution in [-0.4, -0.2) is 16.4 Å². The number of hydrogen-bond acceptors (Lipinski definition) is 4. The van der Waals surface area contributed by atoms with Crippen molar-refractivity contribution in [2.45, 2.75) is 13.2 Å². The molecule has 3 N–H and O–H groups in total. The first-order valence-corrected chi connectivity index (χ1v) is 5.71. The van der Waals surface area contributed by atoms with Crippen LogP contribution in [-0.2, 0) is 13.6 Å². The highest BCUT2D eigenvalue weighted by Crippen LogP contribution is 2.29. The zero-order valence-electron chi connectivity index (χ0n) is 10.6. The lowest BCUT2D eigenvalue weighted by atomic mass is 10.2. The topological polar surface area (TPSA) is 65.1 Å². The van der Waals surface area contributed by atoms with Crippen LogP contribution in [0.15, 0.2) is 24.5 Å². The Morgan fingerprint density at radius 3 is 2.80 bits per heavy atom. The number of aromatic nitrogens is 2. The molecule has 0 aliphatic carbocycles. The number of aryl methyl sites for hydroxylation is 1. The smallest absolute Gasteiger partial charge is 0.387 e. The Kier molecular flexibility index (Phi) is 4.02. The van der Waals surface area contributed by atoms with Gasteiger partial charge in [0.05, 0.1) is 17.6 Å².